The summed E-state index contributed by atoms with van der Waals surface area (Å²) < 4.78 is 6.03. The maximum absolute atomic E-state index is 12.7. The number of rotatable bonds is 5. The summed E-state index contributed by atoms with van der Waals surface area (Å²) in [6, 6.07) is 9.95. The van der Waals surface area contributed by atoms with E-state index < -0.39 is 6.10 Å². The second kappa shape index (κ2) is 7.75. The molecule has 5 heteroatoms. The van der Waals surface area contributed by atoms with Crippen molar-refractivity contribution in [2.45, 2.75) is 64.3 Å². The number of aliphatic hydroxyl groups excluding tert-OH is 1. The number of aliphatic hydroxyl groups is 1. The van der Waals surface area contributed by atoms with Crippen LogP contribution in [0.5, 0.6) is 0 Å². The Bertz CT molecular complexity index is 554. The number of hydrogen-bond acceptors (Lipinski definition) is 3. The number of amides is 2. The second-order valence-corrected chi connectivity index (χ2v) is 8.36. The fourth-order valence-electron chi connectivity index (χ4n) is 3.73. The molecular weight excluding hydrogens is 316 g/mol. The van der Waals surface area contributed by atoms with Crippen LogP contribution in [0, 0.1) is 0 Å². The molecule has 5 nitrogen and oxygen atoms in total. The quantitative estimate of drug-likeness (QED) is 0.859. The average molecular weight is 348 g/mol. The van der Waals surface area contributed by atoms with Crippen LogP contribution in [0.3, 0.4) is 0 Å². The molecule has 2 N–H and O–H groups in total. The second-order valence-electron chi connectivity index (χ2n) is 8.36. The van der Waals surface area contributed by atoms with Crippen LogP contribution in [-0.2, 0) is 4.74 Å². The summed E-state index contributed by atoms with van der Waals surface area (Å²) in [7, 11) is 0. The molecule has 0 unspecified atom stereocenters. The van der Waals surface area contributed by atoms with Gasteiger partial charge in [0, 0.05) is 12.5 Å². The monoisotopic (exact) mass is 348 g/mol. The van der Waals surface area contributed by atoms with Crippen molar-refractivity contribution in [3.05, 3.63) is 35.9 Å². The summed E-state index contributed by atoms with van der Waals surface area (Å²) in [5.74, 6) is 0.0900. The zero-order chi connectivity index (χ0) is 18.7. The first-order valence-electron chi connectivity index (χ1n) is 9.04. The molecule has 2 atom stereocenters. The molecule has 0 bridgehead atoms. The number of hydrogen-bond donors (Lipinski definition) is 2. The summed E-state index contributed by atoms with van der Waals surface area (Å²) >= 11 is 0. The molecular formula is C20H32N2O3. The molecule has 0 saturated carbocycles. The predicted molar refractivity (Wildman–Crippen MR) is 99.7 cm³/mol. The van der Waals surface area contributed by atoms with Gasteiger partial charge in [-0.15, -0.1) is 0 Å². The highest BCUT2D eigenvalue weighted by Gasteiger charge is 2.40. The Kier molecular flexibility index (Phi) is 6.12. The third kappa shape index (κ3) is 6.01. The van der Waals surface area contributed by atoms with E-state index in [2.05, 4.69) is 5.32 Å². The van der Waals surface area contributed by atoms with E-state index >= 15 is 0 Å². The maximum atomic E-state index is 12.7. The number of nitrogens with zero attached hydrogens (tertiary/aromatic N) is 1. The maximum Gasteiger partial charge on any atom is 0.317 e. The highest BCUT2D eigenvalue weighted by atomic mass is 16.5. The lowest BCUT2D eigenvalue weighted by atomic mass is 9.93. The van der Waals surface area contributed by atoms with Crippen LogP contribution < -0.4 is 5.32 Å². The third-order valence-electron chi connectivity index (χ3n) is 4.38. The van der Waals surface area contributed by atoms with Crippen molar-refractivity contribution in [2.24, 2.45) is 0 Å². The molecule has 1 aliphatic heterocycles. The number of nitrogens with one attached hydrogen (secondary N) is 1. The molecule has 1 fully saturated rings. The summed E-state index contributed by atoms with van der Waals surface area (Å²) in [5.41, 5.74) is 0.404. The van der Waals surface area contributed by atoms with E-state index in [1.807, 2.05) is 62.9 Å². The summed E-state index contributed by atoms with van der Waals surface area (Å²) in [5, 5.41) is 12.8. The number of urea groups is 1. The van der Waals surface area contributed by atoms with Crippen LogP contribution in [0.25, 0.3) is 0 Å². The number of morpholine rings is 1. The molecule has 1 aromatic carbocycles. The topological polar surface area (TPSA) is 61.8 Å². The van der Waals surface area contributed by atoms with Crippen molar-refractivity contribution >= 4 is 6.03 Å². The van der Waals surface area contributed by atoms with E-state index in [0.717, 1.165) is 5.56 Å². The van der Waals surface area contributed by atoms with Gasteiger partial charge in [0.15, 0.2) is 0 Å². The predicted octanol–water partition coefficient (Wildman–Crippen LogP) is 3.14. The van der Waals surface area contributed by atoms with E-state index in [-0.39, 0.29) is 23.2 Å². The summed E-state index contributed by atoms with van der Waals surface area (Å²) in [6.45, 7) is 11.5. The van der Waals surface area contributed by atoms with E-state index in [4.69, 9.17) is 4.74 Å². The number of carbonyl (C=O) groups excluding carboxylic acids is 1. The molecule has 2 amide bonds. The largest absolute Gasteiger partial charge is 0.393 e. The SMILES string of the molecule is C[C@@H](O)C[C@H](CNC(=O)N1CC(C)(C)OC(C)(C)C1)c1ccccc1. The van der Waals surface area contributed by atoms with Crippen molar-refractivity contribution < 1.29 is 14.6 Å². The third-order valence-corrected chi connectivity index (χ3v) is 4.38. The molecule has 140 valence electrons. The van der Waals surface area contributed by atoms with Crippen molar-refractivity contribution in [2.75, 3.05) is 19.6 Å². The molecule has 0 radical (unpaired) electrons. The standard InChI is InChI=1S/C20H32N2O3/c1-15(23)11-17(16-9-7-6-8-10-16)12-21-18(24)22-13-19(2,3)25-20(4,5)14-22/h6-10,15,17,23H,11-14H2,1-5H3,(H,21,24)/t15-,17-/m1/s1. The number of carbonyl (C=O) groups is 1. The van der Waals surface area contributed by atoms with Crippen molar-refractivity contribution in [3.8, 4) is 0 Å². The van der Waals surface area contributed by atoms with E-state index in [1.165, 1.54) is 0 Å². The molecule has 0 aliphatic carbocycles. The van der Waals surface area contributed by atoms with Crippen LogP contribution in [-0.4, -0.2) is 53.0 Å². The van der Waals surface area contributed by atoms with Crippen molar-refractivity contribution in [1.82, 2.24) is 10.2 Å². The van der Waals surface area contributed by atoms with Crippen LogP contribution in [0.4, 0.5) is 4.79 Å². The van der Waals surface area contributed by atoms with Gasteiger partial charge in [-0.25, -0.2) is 4.79 Å². The van der Waals surface area contributed by atoms with Gasteiger partial charge in [-0.3, -0.25) is 0 Å². The number of ether oxygens (including phenoxy) is 1. The molecule has 1 saturated heterocycles. The molecule has 0 aromatic heterocycles. The van der Waals surface area contributed by atoms with Crippen LogP contribution in [0.2, 0.25) is 0 Å². The summed E-state index contributed by atoms with van der Waals surface area (Å²) in [4.78, 5) is 14.5. The normalized spacial score (nSPS) is 21.4. The van der Waals surface area contributed by atoms with Crippen molar-refractivity contribution in [3.63, 3.8) is 0 Å². The van der Waals surface area contributed by atoms with Gasteiger partial charge in [-0.05, 0) is 46.6 Å². The van der Waals surface area contributed by atoms with Gasteiger partial charge in [-0.1, -0.05) is 30.3 Å². The molecule has 1 aromatic rings. The Labute approximate surface area is 151 Å². The molecule has 0 spiro atoms. The van der Waals surface area contributed by atoms with E-state index in [0.29, 0.717) is 26.1 Å². The van der Waals surface area contributed by atoms with Gasteiger partial charge in [-0.2, -0.15) is 0 Å². The summed E-state index contributed by atoms with van der Waals surface area (Å²) in [6.07, 6.45) is 0.202. The minimum absolute atomic E-state index is 0.0732. The van der Waals surface area contributed by atoms with Gasteiger partial charge >= 0.3 is 6.03 Å². The van der Waals surface area contributed by atoms with Crippen LogP contribution in [0.1, 0.15) is 52.5 Å². The zero-order valence-electron chi connectivity index (χ0n) is 16.1. The Morgan fingerprint density at radius 1 is 1.20 bits per heavy atom. The smallest absolute Gasteiger partial charge is 0.317 e. The molecule has 1 heterocycles. The highest BCUT2D eigenvalue weighted by molar-refractivity contribution is 5.74. The minimum atomic E-state index is -0.414. The first kappa shape index (κ1) is 19.7. The Morgan fingerprint density at radius 2 is 1.76 bits per heavy atom. The first-order valence-corrected chi connectivity index (χ1v) is 9.04. The van der Waals surface area contributed by atoms with Gasteiger partial charge in [0.25, 0.3) is 0 Å². The lowest BCUT2D eigenvalue weighted by molar-refractivity contribution is -0.170. The van der Waals surface area contributed by atoms with Gasteiger partial charge < -0.3 is 20.1 Å². The average Bonchev–Trinajstić information content (AvgIpc) is 2.48. The first-order chi connectivity index (χ1) is 11.6. The van der Waals surface area contributed by atoms with Gasteiger partial charge in [0.1, 0.15) is 0 Å². The Balaban J connectivity index is 2.01. The fourth-order valence-corrected chi connectivity index (χ4v) is 3.73. The van der Waals surface area contributed by atoms with Gasteiger partial charge in [0.2, 0.25) is 0 Å². The van der Waals surface area contributed by atoms with E-state index in [1.54, 1.807) is 6.92 Å². The fraction of sp³-hybridized carbons (Fsp3) is 0.650. The van der Waals surface area contributed by atoms with Crippen LogP contribution in [0.15, 0.2) is 30.3 Å². The van der Waals surface area contributed by atoms with Crippen molar-refractivity contribution in [1.29, 1.82) is 0 Å². The Hall–Kier alpha value is -1.59. The number of benzene rings is 1. The molecule has 1 aliphatic rings. The van der Waals surface area contributed by atoms with Gasteiger partial charge in [0.05, 0.1) is 30.4 Å². The highest BCUT2D eigenvalue weighted by Crippen LogP contribution is 2.28. The zero-order valence-corrected chi connectivity index (χ0v) is 16.1. The minimum Gasteiger partial charge on any atom is -0.393 e. The molecule has 2 rings (SSSR count). The lowest BCUT2D eigenvalue weighted by Crippen LogP contribution is -2.60. The lowest BCUT2D eigenvalue weighted by Gasteiger charge is -2.47. The van der Waals surface area contributed by atoms with Crippen LogP contribution >= 0.6 is 0 Å². The van der Waals surface area contributed by atoms with E-state index in [9.17, 15) is 9.90 Å². The Morgan fingerprint density at radius 3 is 2.28 bits per heavy atom. The molecule has 25 heavy (non-hydrogen) atoms.